The standard InChI is InChI=1S/C21H32O/c1-3-15-5-4-6-20-19-9-7-14-13-16(22)8-10-17(14)18(19)11-12-21(15,20)2/h3,14,17-20H,4-13H2,1-2H3/b15-3-/t14-,17-,18+,19+,20-,21+/m0/s1. The quantitative estimate of drug-likeness (QED) is 0.536. The second-order valence-electron chi connectivity index (χ2n) is 8.88. The first-order valence-electron chi connectivity index (χ1n) is 9.81. The predicted octanol–water partition coefficient (Wildman–Crippen LogP) is 5.54. The SMILES string of the molecule is C/C=C1/CCC[C@H]2[C@@H]3CC[C@H]4CC(=O)CC[C@@H]4[C@H]3CC[C@]12C. The maximum Gasteiger partial charge on any atom is 0.133 e. The van der Waals surface area contributed by atoms with Crippen molar-refractivity contribution >= 4 is 5.78 Å². The van der Waals surface area contributed by atoms with Crippen LogP contribution in [0.15, 0.2) is 11.6 Å². The van der Waals surface area contributed by atoms with Gasteiger partial charge in [0.25, 0.3) is 0 Å². The van der Waals surface area contributed by atoms with Gasteiger partial charge in [0.2, 0.25) is 0 Å². The Morgan fingerprint density at radius 2 is 1.86 bits per heavy atom. The number of carbonyl (C=O) groups is 1. The molecule has 0 radical (unpaired) electrons. The van der Waals surface area contributed by atoms with E-state index in [0.717, 1.165) is 42.4 Å². The van der Waals surface area contributed by atoms with Crippen LogP contribution in [0.25, 0.3) is 0 Å². The maximum absolute atomic E-state index is 11.8. The van der Waals surface area contributed by atoms with Crippen molar-refractivity contribution in [3.05, 3.63) is 11.6 Å². The van der Waals surface area contributed by atoms with E-state index in [4.69, 9.17) is 0 Å². The lowest BCUT2D eigenvalue weighted by atomic mass is 9.46. The van der Waals surface area contributed by atoms with Gasteiger partial charge in [-0.1, -0.05) is 18.6 Å². The Bertz CT molecular complexity index is 490. The first-order chi connectivity index (χ1) is 10.6. The number of Topliss-reactive ketones (excluding diaryl/α,β-unsaturated/α-hetero) is 1. The van der Waals surface area contributed by atoms with Gasteiger partial charge in [0, 0.05) is 12.8 Å². The average Bonchev–Trinajstić information content (AvgIpc) is 2.53. The van der Waals surface area contributed by atoms with Crippen LogP contribution in [0, 0.1) is 35.0 Å². The smallest absolute Gasteiger partial charge is 0.133 e. The van der Waals surface area contributed by atoms with Crippen LogP contribution in [0.3, 0.4) is 0 Å². The predicted molar refractivity (Wildman–Crippen MR) is 90.5 cm³/mol. The van der Waals surface area contributed by atoms with Crippen molar-refractivity contribution in [2.45, 2.75) is 78.1 Å². The van der Waals surface area contributed by atoms with Gasteiger partial charge in [-0.25, -0.2) is 0 Å². The van der Waals surface area contributed by atoms with Crippen LogP contribution in [0.4, 0.5) is 0 Å². The lowest BCUT2D eigenvalue weighted by Crippen LogP contribution is -2.50. The van der Waals surface area contributed by atoms with Crippen molar-refractivity contribution in [1.29, 1.82) is 0 Å². The van der Waals surface area contributed by atoms with Crippen LogP contribution in [-0.2, 0) is 4.79 Å². The number of hydrogen-bond acceptors (Lipinski definition) is 1. The van der Waals surface area contributed by atoms with Gasteiger partial charge < -0.3 is 0 Å². The summed E-state index contributed by atoms with van der Waals surface area (Å²) < 4.78 is 0. The summed E-state index contributed by atoms with van der Waals surface area (Å²) in [6.07, 6.45) is 15.3. The van der Waals surface area contributed by atoms with E-state index in [0.29, 0.717) is 11.2 Å². The lowest BCUT2D eigenvalue weighted by molar-refractivity contribution is -0.127. The van der Waals surface area contributed by atoms with Crippen molar-refractivity contribution in [3.63, 3.8) is 0 Å². The third-order valence-corrected chi connectivity index (χ3v) is 8.20. The molecule has 0 amide bonds. The average molecular weight is 300 g/mol. The molecule has 1 nitrogen and oxygen atoms in total. The van der Waals surface area contributed by atoms with E-state index in [9.17, 15) is 4.79 Å². The fourth-order valence-corrected chi connectivity index (χ4v) is 7.18. The molecule has 0 N–H and O–H groups in total. The molecule has 4 aliphatic carbocycles. The highest BCUT2D eigenvalue weighted by atomic mass is 16.1. The molecule has 0 aromatic heterocycles. The largest absolute Gasteiger partial charge is 0.300 e. The summed E-state index contributed by atoms with van der Waals surface area (Å²) in [6.45, 7) is 4.84. The van der Waals surface area contributed by atoms with E-state index >= 15 is 0 Å². The molecular weight excluding hydrogens is 268 g/mol. The second kappa shape index (κ2) is 5.49. The summed E-state index contributed by atoms with van der Waals surface area (Å²) in [6, 6.07) is 0. The minimum atomic E-state index is 0.505. The van der Waals surface area contributed by atoms with Crippen LogP contribution >= 0.6 is 0 Å². The van der Waals surface area contributed by atoms with Crippen molar-refractivity contribution < 1.29 is 4.79 Å². The summed E-state index contributed by atoms with van der Waals surface area (Å²) in [7, 11) is 0. The zero-order valence-corrected chi connectivity index (χ0v) is 14.4. The van der Waals surface area contributed by atoms with Crippen molar-refractivity contribution in [1.82, 2.24) is 0 Å². The van der Waals surface area contributed by atoms with Crippen molar-refractivity contribution in [2.75, 3.05) is 0 Å². The molecule has 0 spiro atoms. The minimum Gasteiger partial charge on any atom is -0.300 e. The number of carbonyl (C=O) groups excluding carboxylic acids is 1. The Morgan fingerprint density at radius 1 is 1.00 bits per heavy atom. The van der Waals surface area contributed by atoms with Gasteiger partial charge in [0.05, 0.1) is 0 Å². The molecule has 6 atom stereocenters. The molecule has 0 aromatic carbocycles. The summed E-state index contributed by atoms with van der Waals surface area (Å²) in [5.74, 6) is 5.03. The van der Waals surface area contributed by atoms with Crippen molar-refractivity contribution in [2.24, 2.45) is 35.0 Å². The normalized spacial score (nSPS) is 50.2. The van der Waals surface area contributed by atoms with E-state index in [1.807, 2.05) is 0 Å². The zero-order valence-electron chi connectivity index (χ0n) is 14.4. The van der Waals surface area contributed by atoms with Gasteiger partial charge >= 0.3 is 0 Å². The molecule has 22 heavy (non-hydrogen) atoms. The van der Waals surface area contributed by atoms with Gasteiger partial charge in [0.1, 0.15) is 5.78 Å². The molecule has 4 saturated carbocycles. The molecule has 0 heterocycles. The highest BCUT2D eigenvalue weighted by molar-refractivity contribution is 5.79. The Labute approximate surface area is 135 Å². The first kappa shape index (κ1) is 15.0. The number of allylic oxidation sites excluding steroid dienone is 2. The molecule has 4 aliphatic rings. The summed E-state index contributed by atoms with van der Waals surface area (Å²) in [5.41, 5.74) is 2.27. The third kappa shape index (κ3) is 2.14. The Hall–Kier alpha value is -0.590. The topological polar surface area (TPSA) is 17.1 Å². The molecular formula is C21H32O. The van der Waals surface area contributed by atoms with E-state index in [1.54, 1.807) is 5.57 Å². The molecule has 0 aromatic rings. The lowest BCUT2D eigenvalue weighted by Gasteiger charge is -2.58. The number of hydrogen-bond donors (Lipinski definition) is 0. The molecule has 0 bridgehead atoms. The third-order valence-electron chi connectivity index (χ3n) is 8.20. The van der Waals surface area contributed by atoms with Gasteiger partial charge in [-0.3, -0.25) is 4.79 Å². The molecule has 122 valence electrons. The second-order valence-corrected chi connectivity index (χ2v) is 8.88. The maximum atomic E-state index is 11.8. The van der Waals surface area contributed by atoms with Crippen LogP contribution in [0.5, 0.6) is 0 Å². The number of ketones is 1. The zero-order chi connectivity index (χ0) is 15.3. The minimum absolute atomic E-state index is 0.505. The molecule has 0 saturated heterocycles. The van der Waals surface area contributed by atoms with Crippen LogP contribution < -0.4 is 0 Å². The molecule has 4 rings (SSSR count). The van der Waals surface area contributed by atoms with E-state index < -0.39 is 0 Å². The fraction of sp³-hybridized carbons (Fsp3) is 0.857. The van der Waals surface area contributed by atoms with Crippen molar-refractivity contribution in [3.8, 4) is 0 Å². The van der Waals surface area contributed by atoms with E-state index in [-0.39, 0.29) is 0 Å². The van der Waals surface area contributed by atoms with Crippen LogP contribution in [-0.4, -0.2) is 5.78 Å². The van der Waals surface area contributed by atoms with Crippen LogP contribution in [0.2, 0.25) is 0 Å². The van der Waals surface area contributed by atoms with Gasteiger partial charge in [-0.2, -0.15) is 0 Å². The van der Waals surface area contributed by atoms with Crippen LogP contribution in [0.1, 0.15) is 78.1 Å². The summed E-state index contributed by atoms with van der Waals surface area (Å²) >= 11 is 0. The Balaban J connectivity index is 1.60. The molecule has 4 fully saturated rings. The van der Waals surface area contributed by atoms with E-state index in [2.05, 4.69) is 19.9 Å². The summed E-state index contributed by atoms with van der Waals surface area (Å²) in [5, 5.41) is 0. The molecule has 0 aliphatic heterocycles. The Kier molecular flexibility index (Phi) is 3.74. The molecule has 1 heteroatoms. The Morgan fingerprint density at radius 3 is 2.68 bits per heavy atom. The number of rotatable bonds is 0. The van der Waals surface area contributed by atoms with Gasteiger partial charge in [-0.15, -0.1) is 0 Å². The highest BCUT2D eigenvalue weighted by Gasteiger charge is 2.53. The first-order valence-corrected chi connectivity index (χ1v) is 9.81. The fourth-order valence-electron chi connectivity index (χ4n) is 7.18. The van der Waals surface area contributed by atoms with Gasteiger partial charge in [-0.05, 0) is 93.3 Å². The summed E-state index contributed by atoms with van der Waals surface area (Å²) in [4.78, 5) is 11.8. The van der Waals surface area contributed by atoms with Gasteiger partial charge in [0.15, 0.2) is 0 Å². The monoisotopic (exact) mass is 300 g/mol. The number of fused-ring (bicyclic) bond motifs is 5. The molecule has 0 unspecified atom stereocenters. The van der Waals surface area contributed by atoms with E-state index in [1.165, 1.54) is 51.4 Å². The highest BCUT2D eigenvalue weighted by Crippen LogP contribution is 2.62.